The van der Waals surface area contributed by atoms with Gasteiger partial charge in [0, 0.05) is 49.6 Å². The van der Waals surface area contributed by atoms with Gasteiger partial charge in [-0.25, -0.2) is 4.39 Å². The molecule has 0 saturated carbocycles. The number of rotatable bonds is 7. The van der Waals surface area contributed by atoms with E-state index in [1.165, 1.54) is 23.3 Å². The molecule has 0 aliphatic carbocycles. The third kappa shape index (κ3) is 6.06. The molecular weight excluding hydrogens is 506 g/mol. The molecule has 0 bridgehead atoms. The number of hydrogen-bond donors (Lipinski definition) is 3. The molecule has 6 nitrogen and oxygen atoms in total. The second-order valence-electron chi connectivity index (χ2n) is 7.13. The zero-order valence-electron chi connectivity index (χ0n) is 17.3. The molecule has 0 amide bonds. The second kappa shape index (κ2) is 10.9. The molecule has 0 atom stereocenters. The van der Waals surface area contributed by atoms with Crippen molar-refractivity contribution in [3.63, 3.8) is 0 Å². The third-order valence-corrected chi connectivity index (χ3v) is 4.99. The highest BCUT2D eigenvalue weighted by Crippen LogP contribution is 2.19. The first-order chi connectivity index (χ1) is 14.7. The van der Waals surface area contributed by atoms with Crippen LogP contribution in [0.5, 0.6) is 0 Å². The summed E-state index contributed by atoms with van der Waals surface area (Å²) in [6.07, 6.45) is 6.50. The molecule has 0 saturated heterocycles. The van der Waals surface area contributed by atoms with Crippen LogP contribution in [0.15, 0.2) is 72.1 Å². The molecule has 2 aromatic heterocycles. The predicted molar refractivity (Wildman–Crippen MR) is 133 cm³/mol. The molecule has 0 unspecified atom stereocenters. The molecule has 3 N–H and O–H groups in total. The normalized spacial score (nSPS) is 11.4. The summed E-state index contributed by atoms with van der Waals surface area (Å²) in [6, 6.07) is 15.2. The molecule has 4 aromatic rings. The topological polar surface area (TPSA) is 70.0 Å². The van der Waals surface area contributed by atoms with Gasteiger partial charge in [0.15, 0.2) is 5.96 Å². The van der Waals surface area contributed by atoms with E-state index in [0.717, 1.165) is 41.9 Å². The van der Waals surface area contributed by atoms with Crippen LogP contribution in [0.3, 0.4) is 0 Å². The monoisotopic (exact) mass is 532 g/mol. The van der Waals surface area contributed by atoms with Crippen molar-refractivity contribution in [3.05, 3.63) is 89.6 Å². The van der Waals surface area contributed by atoms with E-state index in [1.54, 1.807) is 13.2 Å². The van der Waals surface area contributed by atoms with E-state index >= 15 is 0 Å². The van der Waals surface area contributed by atoms with E-state index in [4.69, 9.17) is 0 Å². The standard InChI is InChI=1S/C23H25FN6.HI/c1-25-23(26-10-8-19-15-27-22-13-20(24)6-7-21(19)22)28-14-17-4-2-5-18(12-17)16-30-11-3-9-29-30;/h2-7,9,11-13,15,27H,8,10,14,16H2,1H3,(H2,25,26,28);1H. The Morgan fingerprint density at radius 3 is 2.81 bits per heavy atom. The lowest BCUT2D eigenvalue weighted by atomic mass is 10.1. The number of fused-ring (bicyclic) bond motifs is 1. The maximum absolute atomic E-state index is 13.3. The Hall–Kier alpha value is -2.88. The smallest absolute Gasteiger partial charge is 0.191 e. The Kier molecular flexibility index (Phi) is 8.05. The highest BCUT2D eigenvalue weighted by Gasteiger charge is 2.06. The fraction of sp³-hybridized carbons (Fsp3) is 0.217. The summed E-state index contributed by atoms with van der Waals surface area (Å²) in [6.45, 7) is 2.16. The number of aromatic amines is 1. The molecule has 4 rings (SSSR count). The van der Waals surface area contributed by atoms with E-state index in [-0.39, 0.29) is 29.8 Å². The Bertz CT molecular complexity index is 1140. The van der Waals surface area contributed by atoms with E-state index in [0.29, 0.717) is 6.54 Å². The highest BCUT2D eigenvalue weighted by atomic mass is 127. The summed E-state index contributed by atoms with van der Waals surface area (Å²) in [7, 11) is 1.76. The summed E-state index contributed by atoms with van der Waals surface area (Å²) in [5.74, 6) is 0.519. The number of hydrogen-bond acceptors (Lipinski definition) is 2. The van der Waals surface area contributed by atoms with Gasteiger partial charge in [-0.05, 0) is 47.4 Å². The van der Waals surface area contributed by atoms with Crippen molar-refractivity contribution >= 4 is 40.8 Å². The summed E-state index contributed by atoms with van der Waals surface area (Å²) in [5, 5.41) is 12.0. The average molecular weight is 532 g/mol. The Morgan fingerprint density at radius 1 is 1.13 bits per heavy atom. The van der Waals surface area contributed by atoms with Crippen molar-refractivity contribution < 1.29 is 4.39 Å². The number of halogens is 2. The van der Waals surface area contributed by atoms with Crippen molar-refractivity contribution in [2.45, 2.75) is 19.5 Å². The van der Waals surface area contributed by atoms with Crippen LogP contribution in [0.25, 0.3) is 10.9 Å². The number of benzene rings is 2. The number of H-pyrrole nitrogens is 1. The fourth-order valence-corrected chi connectivity index (χ4v) is 3.51. The molecule has 0 spiro atoms. The van der Waals surface area contributed by atoms with Gasteiger partial charge >= 0.3 is 0 Å². The lowest BCUT2D eigenvalue weighted by Crippen LogP contribution is -2.37. The summed E-state index contributed by atoms with van der Waals surface area (Å²) in [4.78, 5) is 7.43. The first-order valence-electron chi connectivity index (χ1n) is 9.96. The van der Waals surface area contributed by atoms with Crippen LogP contribution in [0.1, 0.15) is 16.7 Å². The van der Waals surface area contributed by atoms with Crippen LogP contribution >= 0.6 is 24.0 Å². The van der Waals surface area contributed by atoms with Gasteiger partial charge in [-0.2, -0.15) is 5.10 Å². The lowest BCUT2D eigenvalue weighted by molar-refractivity contribution is 0.629. The molecular formula is C23H26FIN6. The van der Waals surface area contributed by atoms with Crippen LogP contribution in [-0.2, 0) is 19.5 Å². The van der Waals surface area contributed by atoms with E-state index in [1.807, 2.05) is 29.2 Å². The Morgan fingerprint density at radius 2 is 2.00 bits per heavy atom. The van der Waals surface area contributed by atoms with Crippen molar-refractivity contribution in [2.75, 3.05) is 13.6 Å². The molecule has 0 fully saturated rings. The molecule has 162 valence electrons. The lowest BCUT2D eigenvalue weighted by Gasteiger charge is -2.12. The van der Waals surface area contributed by atoms with Crippen LogP contribution in [-0.4, -0.2) is 34.3 Å². The second-order valence-corrected chi connectivity index (χ2v) is 7.13. The van der Waals surface area contributed by atoms with Crippen molar-refractivity contribution in [1.29, 1.82) is 0 Å². The van der Waals surface area contributed by atoms with Crippen molar-refractivity contribution in [2.24, 2.45) is 4.99 Å². The van der Waals surface area contributed by atoms with Gasteiger partial charge in [-0.1, -0.05) is 24.3 Å². The minimum Gasteiger partial charge on any atom is -0.361 e. The summed E-state index contributed by atoms with van der Waals surface area (Å²) in [5.41, 5.74) is 4.36. The maximum atomic E-state index is 13.3. The quantitative estimate of drug-likeness (QED) is 0.191. The third-order valence-electron chi connectivity index (χ3n) is 4.99. The van der Waals surface area contributed by atoms with E-state index in [2.05, 4.69) is 50.0 Å². The number of guanidine groups is 1. The number of aliphatic imine (C=N–C) groups is 1. The van der Waals surface area contributed by atoms with Gasteiger partial charge in [0.25, 0.3) is 0 Å². The summed E-state index contributed by atoms with van der Waals surface area (Å²) >= 11 is 0. The SMILES string of the molecule is CN=C(NCCc1c[nH]c2cc(F)ccc12)NCc1cccc(Cn2cccn2)c1.I. The van der Waals surface area contributed by atoms with Gasteiger partial charge in [-0.15, -0.1) is 24.0 Å². The largest absolute Gasteiger partial charge is 0.361 e. The van der Waals surface area contributed by atoms with Gasteiger partial charge in [0.2, 0.25) is 0 Å². The van der Waals surface area contributed by atoms with Crippen molar-refractivity contribution in [3.8, 4) is 0 Å². The van der Waals surface area contributed by atoms with Crippen LogP contribution in [0.2, 0.25) is 0 Å². The Balaban J connectivity index is 0.00000272. The number of nitrogens with zero attached hydrogens (tertiary/aromatic N) is 3. The average Bonchev–Trinajstić information content (AvgIpc) is 3.40. The minimum absolute atomic E-state index is 0. The van der Waals surface area contributed by atoms with E-state index in [9.17, 15) is 4.39 Å². The van der Waals surface area contributed by atoms with Crippen LogP contribution < -0.4 is 10.6 Å². The van der Waals surface area contributed by atoms with Gasteiger partial charge < -0.3 is 15.6 Å². The molecule has 2 heterocycles. The first-order valence-corrected chi connectivity index (χ1v) is 9.96. The molecule has 0 aliphatic rings. The number of nitrogens with one attached hydrogen (secondary N) is 3. The fourth-order valence-electron chi connectivity index (χ4n) is 3.51. The number of aromatic nitrogens is 3. The zero-order valence-corrected chi connectivity index (χ0v) is 19.6. The molecule has 31 heavy (non-hydrogen) atoms. The molecule has 8 heteroatoms. The van der Waals surface area contributed by atoms with Crippen molar-refractivity contribution in [1.82, 2.24) is 25.4 Å². The molecule has 2 aromatic carbocycles. The van der Waals surface area contributed by atoms with Gasteiger partial charge in [0.05, 0.1) is 6.54 Å². The van der Waals surface area contributed by atoms with Crippen LogP contribution in [0, 0.1) is 5.82 Å². The molecule has 0 aliphatic heterocycles. The first kappa shape index (κ1) is 22.8. The maximum Gasteiger partial charge on any atom is 0.191 e. The summed E-state index contributed by atoms with van der Waals surface area (Å²) < 4.78 is 15.2. The Labute approximate surface area is 198 Å². The predicted octanol–water partition coefficient (Wildman–Crippen LogP) is 4.08. The van der Waals surface area contributed by atoms with Gasteiger partial charge in [-0.3, -0.25) is 9.67 Å². The minimum atomic E-state index is -0.229. The van der Waals surface area contributed by atoms with Gasteiger partial charge in [0.1, 0.15) is 5.82 Å². The highest BCUT2D eigenvalue weighted by molar-refractivity contribution is 14.0. The molecule has 0 radical (unpaired) electrons. The van der Waals surface area contributed by atoms with Crippen LogP contribution in [0.4, 0.5) is 4.39 Å². The zero-order chi connectivity index (χ0) is 20.8. The van der Waals surface area contributed by atoms with E-state index < -0.39 is 0 Å².